The molecule has 1 fully saturated rings. The molecule has 10 nitrogen and oxygen atoms in total. The Labute approximate surface area is 160 Å². The number of rotatable bonds is 4. The fourth-order valence-electron chi connectivity index (χ4n) is 3.01. The molecule has 0 aliphatic carbocycles. The summed E-state index contributed by atoms with van der Waals surface area (Å²) in [6.45, 7) is 2.55. The minimum Gasteiger partial charge on any atom is -0.337 e. The van der Waals surface area contributed by atoms with Gasteiger partial charge in [-0.15, -0.1) is 10.2 Å². The third-order valence-electron chi connectivity index (χ3n) is 4.51. The average molecular weight is 386 g/mol. The standard InChI is InChI=1S/C17H19FN8O2/c1-24-11-20-22-16(24)25-6-8-26(9-7-25)17(27)19-10-14-21-15(28-23-14)12-4-2-3-5-13(12)18/h2-5,11H,6-10H2,1H3,(H,19,27). The second-order valence-corrected chi connectivity index (χ2v) is 6.37. The summed E-state index contributed by atoms with van der Waals surface area (Å²) in [6, 6.07) is 5.93. The highest BCUT2D eigenvalue weighted by molar-refractivity contribution is 5.74. The van der Waals surface area contributed by atoms with Crippen molar-refractivity contribution in [3.05, 3.63) is 42.2 Å². The number of aromatic nitrogens is 5. The smallest absolute Gasteiger partial charge is 0.317 e. The first-order valence-corrected chi connectivity index (χ1v) is 8.81. The average Bonchev–Trinajstić information content (AvgIpc) is 3.36. The Kier molecular flexibility index (Phi) is 4.87. The van der Waals surface area contributed by atoms with Gasteiger partial charge in [0, 0.05) is 33.2 Å². The van der Waals surface area contributed by atoms with Crippen molar-refractivity contribution in [3.63, 3.8) is 0 Å². The third kappa shape index (κ3) is 3.63. The molecular formula is C17H19FN8O2. The second kappa shape index (κ2) is 7.62. The van der Waals surface area contributed by atoms with Gasteiger partial charge < -0.3 is 24.2 Å². The SMILES string of the molecule is Cn1cnnc1N1CCN(C(=O)NCc2noc(-c3ccccc3F)n2)CC1. The van der Waals surface area contributed by atoms with Gasteiger partial charge >= 0.3 is 6.03 Å². The number of piperazine rings is 1. The number of benzene rings is 1. The van der Waals surface area contributed by atoms with Crippen LogP contribution in [0, 0.1) is 5.82 Å². The lowest BCUT2D eigenvalue weighted by atomic mass is 10.2. The number of halogens is 1. The van der Waals surface area contributed by atoms with Crippen molar-refractivity contribution in [2.45, 2.75) is 6.54 Å². The molecule has 1 saturated heterocycles. The van der Waals surface area contributed by atoms with Crippen LogP contribution in [0.4, 0.5) is 15.1 Å². The Morgan fingerprint density at radius 1 is 1.25 bits per heavy atom. The van der Waals surface area contributed by atoms with Crippen molar-refractivity contribution in [2.24, 2.45) is 7.05 Å². The van der Waals surface area contributed by atoms with E-state index in [0.717, 1.165) is 5.95 Å². The summed E-state index contributed by atoms with van der Waals surface area (Å²) in [6.07, 6.45) is 1.65. The van der Waals surface area contributed by atoms with Crippen molar-refractivity contribution in [2.75, 3.05) is 31.1 Å². The molecular weight excluding hydrogens is 367 g/mol. The highest BCUT2D eigenvalue weighted by Crippen LogP contribution is 2.20. The second-order valence-electron chi connectivity index (χ2n) is 6.37. The molecule has 3 aromatic rings. The van der Waals surface area contributed by atoms with E-state index in [9.17, 15) is 9.18 Å². The number of nitrogens with zero attached hydrogens (tertiary/aromatic N) is 7. The number of anilines is 1. The molecule has 1 N–H and O–H groups in total. The summed E-state index contributed by atoms with van der Waals surface area (Å²) in [5.41, 5.74) is 0.229. The molecule has 1 aliphatic heterocycles. The normalized spacial score (nSPS) is 14.4. The number of hydrogen-bond donors (Lipinski definition) is 1. The van der Waals surface area contributed by atoms with Crippen LogP contribution in [0.15, 0.2) is 35.1 Å². The van der Waals surface area contributed by atoms with Crippen LogP contribution in [0.25, 0.3) is 11.5 Å². The summed E-state index contributed by atoms with van der Waals surface area (Å²) in [4.78, 5) is 20.3. The maximum Gasteiger partial charge on any atom is 0.317 e. The van der Waals surface area contributed by atoms with Crippen molar-refractivity contribution in [1.29, 1.82) is 0 Å². The number of carbonyl (C=O) groups excluding carboxylic acids is 1. The van der Waals surface area contributed by atoms with Crippen LogP contribution in [0.1, 0.15) is 5.82 Å². The summed E-state index contributed by atoms with van der Waals surface area (Å²) < 4.78 is 20.7. The first kappa shape index (κ1) is 17.9. The molecule has 4 rings (SSSR count). The van der Waals surface area contributed by atoms with E-state index in [1.807, 2.05) is 11.6 Å². The summed E-state index contributed by atoms with van der Waals surface area (Å²) in [5.74, 6) is 0.707. The first-order chi connectivity index (χ1) is 13.6. The van der Waals surface area contributed by atoms with E-state index in [0.29, 0.717) is 26.2 Å². The van der Waals surface area contributed by atoms with Crippen molar-refractivity contribution in [1.82, 2.24) is 35.1 Å². The monoisotopic (exact) mass is 386 g/mol. The maximum atomic E-state index is 13.8. The summed E-state index contributed by atoms with van der Waals surface area (Å²) in [5, 5.41) is 14.5. The molecule has 0 radical (unpaired) electrons. The molecule has 1 aliphatic rings. The number of hydrogen-bond acceptors (Lipinski definition) is 7. The molecule has 28 heavy (non-hydrogen) atoms. The Morgan fingerprint density at radius 2 is 2.04 bits per heavy atom. The predicted octanol–water partition coefficient (Wildman–Crippen LogP) is 1.04. The fourth-order valence-corrected chi connectivity index (χ4v) is 3.01. The van der Waals surface area contributed by atoms with E-state index in [1.54, 1.807) is 29.4 Å². The number of amides is 2. The number of aryl methyl sites for hydroxylation is 1. The van der Waals surface area contributed by atoms with Gasteiger partial charge in [0.25, 0.3) is 5.89 Å². The minimum absolute atomic E-state index is 0.0830. The van der Waals surface area contributed by atoms with Gasteiger partial charge in [-0.3, -0.25) is 0 Å². The van der Waals surface area contributed by atoms with E-state index in [1.165, 1.54) is 6.07 Å². The Hall–Kier alpha value is -3.50. The Morgan fingerprint density at radius 3 is 2.75 bits per heavy atom. The van der Waals surface area contributed by atoms with Crippen molar-refractivity contribution < 1.29 is 13.7 Å². The largest absolute Gasteiger partial charge is 0.337 e. The summed E-state index contributed by atoms with van der Waals surface area (Å²) in [7, 11) is 1.88. The van der Waals surface area contributed by atoms with E-state index in [-0.39, 0.29) is 29.9 Å². The lowest BCUT2D eigenvalue weighted by molar-refractivity contribution is 0.193. The van der Waals surface area contributed by atoms with Crippen LogP contribution >= 0.6 is 0 Å². The molecule has 2 amide bonds. The van der Waals surface area contributed by atoms with Gasteiger partial charge in [-0.2, -0.15) is 4.98 Å². The van der Waals surface area contributed by atoms with Gasteiger partial charge in [0.1, 0.15) is 12.1 Å². The maximum absolute atomic E-state index is 13.8. The lowest BCUT2D eigenvalue weighted by Crippen LogP contribution is -2.52. The van der Waals surface area contributed by atoms with E-state index >= 15 is 0 Å². The van der Waals surface area contributed by atoms with Crippen LogP contribution in [0.2, 0.25) is 0 Å². The first-order valence-electron chi connectivity index (χ1n) is 8.81. The highest BCUT2D eigenvalue weighted by Gasteiger charge is 2.23. The zero-order chi connectivity index (χ0) is 19.5. The van der Waals surface area contributed by atoms with Gasteiger partial charge in [0.2, 0.25) is 5.95 Å². The molecule has 11 heteroatoms. The molecule has 3 heterocycles. The molecule has 1 aromatic carbocycles. The molecule has 0 bridgehead atoms. The number of nitrogens with one attached hydrogen (secondary N) is 1. The Bertz CT molecular complexity index is 963. The van der Waals surface area contributed by atoms with E-state index in [4.69, 9.17) is 4.52 Å². The lowest BCUT2D eigenvalue weighted by Gasteiger charge is -2.34. The molecule has 2 aromatic heterocycles. The molecule has 0 saturated carbocycles. The Balaban J connectivity index is 1.30. The number of urea groups is 1. The predicted molar refractivity (Wildman–Crippen MR) is 96.7 cm³/mol. The van der Waals surface area contributed by atoms with Crippen molar-refractivity contribution in [3.8, 4) is 11.5 Å². The van der Waals surface area contributed by atoms with Crippen LogP contribution in [-0.2, 0) is 13.6 Å². The quantitative estimate of drug-likeness (QED) is 0.714. The highest BCUT2D eigenvalue weighted by atomic mass is 19.1. The van der Waals surface area contributed by atoms with Crippen LogP contribution in [0.5, 0.6) is 0 Å². The topological polar surface area (TPSA) is 105 Å². The van der Waals surface area contributed by atoms with E-state index in [2.05, 4.69) is 30.6 Å². The van der Waals surface area contributed by atoms with Gasteiger partial charge in [-0.1, -0.05) is 17.3 Å². The van der Waals surface area contributed by atoms with E-state index < -0.39 is 5.82 Å². The van der Waals surface area contributed by atoms with Gasteiger partial charge in [-0.05, 0) is 12.1 Å². The van der Waals surface area contributed by atoms with Gasteiger partial charge in [0.05, 0.1) is 12.1 Å². The van der Waals surface area contributed by atoms with Crippen LogP contribution in [0.3, 0.4) is 0 Å². The van der Waals surface area contributed by atoms with Gasteiger partial charge in [0.15, 0.2) is 5.82 Å². The summed E-state index contributed by atoms with van der Waals surface area (Å²) >= 11 is 0. The zero-order valence-electron chi connectivity index (χ0n) is 15.2. The number of carbonyl (C=O) groups is 1. The third-order valence-corrected chi connectivity index (χ3v) is 4.51. The fraction of sp³-hybridized carbons (Fsp3) is 0.353. The molecule has 0 atom stereocenters. The molecule has 0 unspecified atom stereocenters. The zero-order valence-corrected chi connectivity index (χ0v) is 15.2. The molecule has 0 spiro atoms. The molecule has 146 valence electrons. The van der Waals surface area contributed by atoms with Crippen LogP contribution in [-0.4, -0.2) is 62.0 Å². The van der Waals surface area contributed by atoms with Crippen LogP contribution < -0.4 is 10.2 Å². The minimum atomic E-state index is -0.442. The van der Waals surface area contributed by atoms with Gasteiger partial charge in [-0.25, -0.2) is 9.18 Å². The van der Waals surface area contributed by atoms with Crippen molar-refractivity contribution >= 4 is 12.0 Å².